The monoisotopic (exact) mass is 417 g/mol. The first-order chi connectivity index (χ1) is 12.6. The predicted octanol–water partition coefficient (Wildman–Crippen LogP) is 3.33. The van der Waals surface area contributed by atoms with Crippen molar-refractivity contribution >= 4 is 27.7 Å². The second kappa shape index (κ2) is 8.31. The summed E-state index contributed by atoms with van der Waals surface area (Å²) in [7, 11) is 0. The van der Waals surface area contributed by atoms with E-state index in [4.69, 9.17) is 4.74 Å². The molecule has 1 aromatic carbocycles. The lowest BCUT2D eigenvalue weighted by Gasteiger charge is -2.34. The van der Waals surface area contributed by atoms with E-state index in [1.807, 2.05) is 31.2 Å². The number of rotatable bonds is 4. The summed E-state index contributed by atoms with van der Waals surface area (Å²) in [5.74, 6) is 1.16. The first-order valence-corrected chi connectivity index (χ1v) is 9.32. The van der Waals surface area contributed by atoms with Gasteiger partial charge in [-0.15, -0.1) is 0 Å². The Balaban J connectivity index is 1.60. The second-order valence-corrected chi connectivity index (χ2v) is 6.89. The minimum atomic E-state index is -0.0740. The fourth-order valence-electron chi connectivity index (χ4n) is 2.78. The van der Waals surface area contributed by atoms with Gasteiger partial charge in [0.25, 0.3) is 5.91 Å². The van der Waals surface area contributed by atoms with Gasteiger partial charge in [-0.05, 0) is 24.3 Å². The van der Waals surface area contributed by atoms with Gasteiger partial charge >= 0.3 is 0 Å². The number of carbonyl (C=O) groups excluding carboxylic acids is 2. The van der Waals surface area contributed by atoms with Crippen LogP contribution in [0.25, 0.3) is 0 Å². The van der Waals surface area contributed by atoms with Gasteiger partial charge in [0.05, 0.1) is 5.56 Å². The highest BCUT2D eigenvalue weighted by molar-refractivity contribution is 9.10. The quantitative estimate of drug-likeness (QED) is 0.764. The van der Waals surface area contributed by atoms with Crippen molar-refractivity contribution in [2.45, 2.75) is 13.3 Å². The molecule has 0 aliphatic carbocycles. The SMILES string of the molecule is CCC(=O)N1CCN(C(=O)c2ccc(Oc3cccc(Br)c3)nc2)CC1. The molecule has 2 amide bonds. The lowest BCUT2D eigenvalue weighted by Crippen LogP contribution is -2.50. The number of pyridine rings is 1. The summed E-state index contributed by atoms with van der Waals surface area (Å²) in [5, 5.41) is 0. The molecule has 0 bridgehead atoms. The molecule has 0 saturated carbocycles. The maximum Gasteiger partial charge on any atom is 0.255 e. The van der Waals surface area contributed by atoms with Crippen LogP contribution in [0.4, 0.5) is 0 Å². The first-order valence-electron chi connectivity index (χ1n) is 8.53. The van der Waals surface area contributed by atoms with E-state index in [2.05, 4.69) is 20.9 Å². The number of hydrogen-bond donors (Lipinski definition) is 0. The molecule has 3 rings (SSSR count). The van der Waals surface area contributed by atoms with Gasteiger partial charge in [-0.3, -0.25) is 9.59 Å². The van der Waals surface area contributed by atoms with Crippen molar-refractivity contribution in [2.24, 2.45) is 0 Å². The molecule has 6 nitrogen and oxygen atoms in total. The summed E-state index contributed by atoms with van der Waals surface area (Å²) in [6.07, 6.45) is 2.02. The molecule has 1 aromatic heterocycles. The molecule has 2 heterocycles. The van der Waals surface area contributed by atoms with Gasteiger partial charge < -0.3 is 14.5 Å². The summed E-state index contributed by atoms with van der Waals surface area (Å²) in [6.45, 7) is 4.09. The standard InChI is InChI=1S/C19H20BrN3O3/c1-2-18(24)22-8-10-23(11-9-22)19(25)14-6-7-17(21-13-14)26-16-5-3-4-15(20)12-16/h3-7,12-13H,2,8-11H2,1H3. The highest BCUT2D eigenvalue weighted by Crippen LogP contribution is 2.23. The molecule has 0 atom stereocenters. The van der Waals surface area contributed by atoms with Crippen molar-refractivity contribution in [2.75, 3.05) is 26.2 Å². The van der Waals surface area contributed by atoms with E-state index in [1.165, 1.54) is 6.20 Å². The number of piperazine rings is 1. The van der Waals surface area contributed by atoms with Crippen LogP contribution in [0.5, 0.6) is 11.6 Å². The van der Waals surface area contributed by atoms with Gasteiger partial charge in [-0.1, -0.05) is 28.9 Å². The zero-order valence-corrected chi connectivity index (χ0v) is 16.1. The van der Waals surface area contributed by atoms with Crippen LogP contribution in [0.2, 0.25) is 0 Å². The van der Waals surface area contributed by atoms with Crippen LogP contribution < -0.4 is 4.74 Å². The van der Waals surface area contributed by atoms with Crippen molar-refractivity contribution in [3.63, 3.8) is 0 Å². The molecule has 1 fully saturated rings. The van der Waals surface area contributed by atoms with Crippen molar-refractivity contribution in [3.8, 4) is 11.6 Å². The van der Waals surface area contributed by atoms with Gasteiger partial charge in [-0.2, -0.15) is 0 Å². The van der Waals surface area contributed by atoms with Crippen molar-refractivity contribution in [3.05, 3.63) is 52.6 Å². The Bertz CT molecular complexity index is 787. The molecule has 26 heavy (non-hydrogen) atoms. The van der Waals surface area contributed by atoms with Crippen molar-refractivity contribution < 1.29 is 14.3 Å². The molecule has 0 unspecified atom stereocenters. The molecule has 0 N–H and O–H groups in total. The van der Waals surface area contributed by atoms with Crippen LogP contribution in [0.1, 0.15) is 23.7 Å². The zero-order chi connectivity index (χ0) is 18.5. The van der Waals surface area contributed by atoms with Gasteiger partial charge in [0.15, 0.2) is 0 Å². The van der Waals surface area contributed by atoms with E-state index in [9.17, 15) is 9.59 Å². The molecule has 1 aliphatic heterocycles. The second-order valence-electron chi connectivity index (χ2n) is 5.97. The van der Waals surface area contributed by atoms with Crippen LogP contribution in [-0.2, 0) is 4.79 Å². The predicted molar refractivity (Wildman–Crippen MR) is 101 cm³/mol. The fourth-order valence-corrected chi connectivity index (χ4v) is 3.16. The molecular formula is C19H20BrN3O3. The smallest absolute Gasteiger partial charge is 0.255 e. The van der Waals surface area contributed by atoms with Crippen molar-refractivity contribution in [1.82, 2.24) is 14.8 Å². The highest BCUT2D eigenvalue weighted by Gasteiger charge is 2.24. The van der Waals surface area contributed by atoms with Crippen LogP contribution in [-0.4, -0.2) is 52.8 Å². The summed E-state index contributed by atoms with van der Waals surface area (Å²) in [4.78, 5) is 32.1. The highest BCUT2D eigenvalue weighted by atomic mass is 79.9. The van der Waals surface area contributed by atoms with Crippen molar-refractivity contribution in [1.29, 1.82) is 0 Å². The number of amides is 2. The average Bonchev–Trinajstić information content (AvgIpc) is 2.67. The Morgan fingerprint density at radius 2 is 1.85 bits per heavy atom. The maximum absolute atomic E-state index is 12.6. The van der Waals surface area contributed by atoms with Crippen LogP contribution in [0.3, 0.4) is 0 Å². The third kappa shape index (κ3) is 4.40. The lowest BCUT2D eigenvalue weighted by atomic mass is 10.2. The Morgan fingerprint density at radius 3 is 2.46 bits per heavy atom. The summed E-state index contributed by atoms with van der Waals surface area (Å²) < 4.78 is 6.60. The number of carbonyl (C=O) groups is 2. The van der Waals surface area contributed by atoms with Gasteiger partial charge in [0, 0.05) is 49.3 Å². The topological polar surface area (TPSA) is 62.7 Å². The molecule has 1 aliphatic rings. The fraction of sp³-hybridized carbons (Fsp3) is 0.316. The Kier molecular flexibility index (Phi) is 5.88. The Labute approximate surface area is 160 Å². The van der Waals surface area contributed by atoms with E-state index >= 15 is 0 Å². The van der Waals surface area contributed by atoms with Crippen LogP contribution >= 0.6 is 15.9 Å². The largest absolute Gasteiger partial charge is 0.439 e. The van der Waals surface area contributed by atoms with Crippen LogP contribution in [0.15, 0.2) is 47.1 Å². The molecule has 7 heteroatoms. The summed E-state index contributed by atoms with van der Waals surface area (Å²) >= 11 is 3.39. The normalized spacial score (nSPS) is 14.2. The summed E-state index contributed by atoms with van der Waals surface area (Å²) in [6, 6.07) is 10.9. The third-order valence-corrected chi connectivity index (χ3v) is 4.72. The number of ether oxygens (including phenoxy) is 1. The number of aromatic nitrogens is 1. The molecule has 136 valence electrons. The van der Waals surface area contributed by atoms with Gasteiger partial charge in [0.2, 0.25) is 11.8 Å². The molecular weight excluding hydrogens is 398 g/mol. The number of hydrogen-bond acceptors (Lipinski definition) is 4. The molecule has 2 aromatic rings. The Morgan fingerprint density at radius 1 is 1.12 bits per heavy atom. The first kappa shape index (κ1) is 18.4. The zero-order valence-electron chi connectivity index (χ0n) is 14.5. The van der Waals surface area contributed by atoms with Gasteiger partial charge in [0.1, 0.15) is 5.75 Å². The van der Waals surface area contributed by atoms with Crippen LogP contribution in [0, 0.1) is 0 Å². The van der Waals surface area contributed by atoms with E-state index < -0.39 is 0 Å². The molecule has 0 spiro atoms. The number of nitrogens with zero attached hydrogens (tertiary/aromatic N) is 3. The van der Waals surface area contributed by atoms with E-state index in [-0.39, 0.29) is 11.8 Å². The lowest BCUT2D eigenvalue weighted by molar-refractivity contribution is -0.132. The van der Waals surface area contributed by atoms with E-state index in [0.717, 1.165) is 4.47 Å². The average molecular weight is 418 g/mol. The van der Waals surface area contributed by atoms with E-state index in [1.54, 1.807) is 21.9 Å². The maximum atomic E-state index is 12.6. The number of halogens is 1. The minimum Gasteiger partial charge on any atom is -0.439 e. The molecule has 1 saturated heterocycles. The summed E-state index contributed by atoms with van der Waals surface area (Å²) in [5.41, 5.74) is 0.516. The minimum absolute atomic E-state index is 0.0740. The molecule has 0 radical (unpaired) electrons. The number of benzene rings is 1. The van der Waals surface area contributed by atoms with Gasteiger partial charge in [-0.25, -0.2) is 4.98 Å². The Hall–Kier alpha value is -2.41. The third-order valence-electron chi connectivity index (χ3n) is 4.22. The van der Waals surface area contributed by atoms with E-state index in [0.29, 0.717) is 49.8 Å².